The molecular weight excluding hydrogens is 305 g/mol. The Hall–Kier alpha value is -1.99. The third-order valence-corrected chi connectivity index (χ3v) is 3.86. The Balaban J connectivity index is 1.94. The summed E-state index contributed by atoms with van der Waals surface area (Å²) in [5, 5.41) is 21.7. The van der Waals surface area contributed by atoms with E-state index in [1.807, 2.05) is 0 Å². The van der Waals surface area contributed by atoms with Gasteiger partial charge in [-0.05, 0) is 30.5 Å². The fourth-order valence-electron chi connectivity index (χ4n) is 2.65. The average Bonchev–Trinajstić information content (AvgIpc) is 2.53. The second kappa shape index (κ2) is 8.03. The van der Waals surface area contributed by atoms with E-state index in [-0.39, 0.29) is 24.5 Å². The lowest BCUT2D eigenvalue weighted by atomic mass is 9.93. The minimum Gasteiger partial charge on any atom is -0.480 e. The van der Waals surface area contributed by atoms with Crippen LogP contribution < -0.4 is 5.32 Å². The molecule has 1 aliphatic heterocycles. The first-order valence-corrected chi connectivity index (χ1v) is 7.51. The van der Waals surface area contributed by atoms with Crippen LogP contribution in [0.1, 0.15) is 30.9 Å². The van der Waals surface area contributed by atoms with Gasteiger partial charge in [0.1, 0.15) is 11.9 Å². The predicted octanol–water partition coefficient (Wildman–Crippen LogP) is 1.25. The summed E-state index contributed by atoms with van der Waals surface area (Å²) in [5.74, 6) is -2.53. The number of nitrogens with one attached hydrogen (secondary N) is 1. The van der Waals surface area contributed by atoms with Crippen molar-refractivity contribution in [1.29, 1.82) is 0 Å². The molecule has 0 radical (unpaired) electrons. The molecule has 0 aliphatic carbocycles. The van der Waals surface area contributed by atoms with Crippen LogP contribution in [0.5, 0.6) is 0 Å². The van der Waals surface area contributed by atoms with Gasteiger partial charge in [0.25, 0.3) is 0 Å². The zero-order valence-corrected chi connectivity index (χ0v) is 12.6. The van der Waals surface area contributed by atoms with E-state index >= 15 is 0 Å². The Morgan fingerprint density at radius 3 is 2.83 bits per heavy atom. The van der Waals surface area contributed by atoms with Crippen molar-refractivity contribution in [2.24, 2.45) is 5.92 Å². The lowest BCUT2D eigenvalue weighted by molar-refractivity contribution is -0.145. The van der Waals surface area contributed by atoms with E-state index < -0.39 is 29.8 Å². The average molecular weight is 325 g/mol. The Kier molecular flexibility index (Phi) is 6.06. The first kappa shape index (κ1) is 17.4. The number of halogens is 1. The van der Waals surface area contributed by atoms with E-state index in [1.165, 1.54) is 18.2 Å². The molecule has 3 unspecified atom stereocenters. The van der Waals surface area contributed by atoms with Gasteiger partial charge in [0.2, 0.25) is 5.91 Å². The molecule has 1 fully saturated rings. The zero-order chi connectivity index (χ0) is 16.8. The van der Waals surface area contributed by atoms with Crippen LogP contribution in [0.3, 0.4) is 0 Å². The molecule has 1 amide bonds. The monoisotopic (exact) mass is 325 g/mol. The number of hydrogen-bond acceptors (Lipinski definition) is 4. The van der Waals surface area contributed by atoms with E-state index in [0.29, 0.717) is 13.0 Å². The van der Waals surface area contributed by atoms with E-state index in [9.17, 15) is 24.2 Å². The number of rotatable bonds is 6. The predicted molar refractivity (Wildman–Crippen MR) is 79.1 cm³/mol. The van der Waals surface area contributed by atoms with Crippen molar-refractivity contribution in [2.45, 2.75) is 31.4 Å². The van der Waals surface area contributed by atoms with Crippen LogP contribution in [0.2, 0.25) is 0 Å². The Bertz CT molecular complexity index is 559. The third kappa shape index (κ3) is 5.01. The largest absolute Gasteiger partial charge is 0.480 e. The fraction of sp³-hybridized carbons (Fsp3) is 0.500. The normalized spacial score (nSPS) is 20.5. The number of aliphatic hydroxyl groups excluding tert-OH is 1. The van der Waals surface area contributed by atoms with Crippen molar-refractivity contribution in [3.63, 3.8) is 0 Å². The van der Waals surface area contributed by atoms with Gasteiger partial charge in [-0.2, -0.15) is 0 Å². The van der Waals surface area contributed by atoms with Crippen LogP contribution >= 0.6 is 0 Å². The number of benzene rings is 1. The minimum atomic E-state index is -1.19. The van der Waals surface area contributed by atoms with Crippen molar-refractivity contribution in [3.05, 3.63) is 35.6 Å². The lowest BCUT2D eigenvalue weighted by Gasteiger charge is -2.28. The maximum Gasteiger partial charge on any atom is 0.326 e. The van der Waals surface area contributed by atoms with Crippen LogP contribution in [0.15, 0.2) is 24.3 Å². The van der Waals surface area contributed by atoms with Crippen LogP contribution in [0.4, 0.5) is 4.39 Å². The molecule has 7 heteroatoms. The molecule has 1 aromatic carbocycles. The third-order valence-electron chi connectivity index (χ3n) is 3.86. The van der Waals surface area contributed by atoms with E-state index in [1.54, 1.807) is 0 Å². The van der Waals surface area contributed by atoms with Crippen LogP contribution in [0, 0.1) is 11.7 Å². The SMILES string of the molecule is O=C(CC(O)c1cccc(F)c1)NC(C(=O)O)C1CCCOC1. The molecule has 3 atom stereocenters. The number of carboxylic acid groups (broad SMARTS) is 1. The van der Waals surface area contributed by atoms with Crippen molar-refractivity contribution in [1.82, 2.24) is 5.32 Å². The molecule has 0 saturated carbocycles. The standard InChI is InChI=1S/C16H20FNO5/c17-12-5-1-3-10(7-12)13(19)8-14(20)18-15(16(21)22)11-4-2-6-23-9-11/h1,3,5,7,11,13,15,19H,2,4,6,8-9H2,(H,18,20)(H,21,22). The molecule has 1 aromatic rings. The van der Waals surface area contributed by atoms with Gasteiger partial charge >= 0.3 is 5.97 Å². The highest BCUT2D eigenvalue weighted by molar-refractivity contribution is 5.84. The summed E-state index contributed by atoms with van der Waals surface area (Å²) in [7, 11) is 0. The van der Waals surface area contributed by atoms with Crippen LogP contribution in [0.25, 0.3) is 0 Å². The maximum absolute atomic E-state index is 13.1. The number of amides is 1. The van der Waals surface area contributed by atoms with Gasteiger partial charge in [0.15, 0.2) is 0 Å². The molecule has 2 rings (SSSR count). The number of ether oxygens (including phenoxy) is 1. The topological polar surface area (TPSA) is 95.9 Å². The van der Waals surface area contributed by atoms with E-state index in [2.05, 4.69) is 5.32 Å². The highest BCUT2D eigenvalue weighted by atomic mass is 19.1. The van der Waals surface area contributed by atoms with Gasteiger partial charge in [-0.1, -0.05) is 12.1 Å². The first-order valence-electron chi connectivity index (χ1n) is 7.51. The molecule has 0 spiro atoms. The molecule has 1 aliphatic rings. The number of carboxylic acids is 1. The summed E-state index contributed by atoms with van der Waals surface area (Å²) < 4.78 is 18.4. The number of aliphatic carboxylic acids is 1. The molecule has 23 heavy (non-hydrogen) atoms. The van der Waals surface area contributed by atoms with Gasteiger partial charge in [-0.15, -0.1) is 0 Å². The summed E-state index contributed by atoms with van der Waals surface area (Å²) in [6, 6.07) is 4.26. The molecule has 3 N–H and O–H groups in total. The minimum absolute atomic E-state index is 0.271. The summed E-state index contributed by atoms with van der Waals surface area (Å²) in [4.78, 5) is 23.4. The summed E-state index contributed by atoms with van der Waals surface area (Å²) in [5.41, 5.74) is 0.271. The molecule has 0 aromatic heterocycles. The van der Waals surface area contributed by atoms with Crippen molar-refractivity contribution < 1.29 is 28.9 Å². The van der Waals surface area contributed by atoms with Gasteiger partial charge < -0.3 is 20.3 Å². The molecular formula is C16H20FNO5. The molecule has 1 heterocycles. The van der Waals surface area contributed by atoms with E-state index in [4.69, 9.17) is 4.74 Å². The highest BCUT2D eigenvalue weighted by Crippen LogP contribution is 2.20. The number of aliphatic hydroxyl groups is 1. The highest BCUT2D eigenvalue weighted by Gasteiger charge is 2.31. The smallest absolute Gasteiger partial charge is 0.326 e. The first-order chi connectivity index (χ1) is 11.0. The van der Waals surface area contributed by atoms with Gasteiger partial charge in [0, 0.05) is 12.5 Å². The summed E-state index contributed by atoms with van der Waals surface area (Å²) >= 11 is 0. The number of carbonyl (C=O) groups excluding carboxylic acids is 1. The van der Waals surface area contributed by atoms with Gasteiger partial charge in [-0.25, -0.2) is 9.18 Å². The summed E-state index contributed by atoms with van der Waals surface area (Å²) in [6.45, 7) is 0.874. The lowest BCUT2D eigenvalue weighted by Crippen LogP contribution is -2.48. The second-order valence-corrected chi connectivity index (χ2v) is 5.64. The van der Waals surface area contributed by atoms with Crippen molar-refractivity contribution >= 4 is 11.9 Å². The zero-order valence-electron chi connectivity index (χ0n) is 12.6. The Morgan fingerprint density at radius 1 is 1.43 bits per heavy atom. The maximum atomic E-state index is 13.1. The second-order valence-electron chi connectivity index (χ2n) is 5.64. The van der Waals surface area contributed by atoms with Gasteiger partial charge in [-0.3, -0.25) is 4.79 Å². The molecule has 6 nitrogen and oxygen atoms in total. The molecule has 1 saturated heterocycles. The Morgan fingerprint density at radius 2 is 2.22 bits per heavy atom. The number of carbonyl (C=O) groups is 2. The fourth-order valence-corrected chi connectivity index (χ4v) is 2.65. The quantitative estimate of drug-likeness (QED) is 0.731. The van der Waals surface area contributed by atoms with Crippen LogP contribution in [-0.4, -0.2) is 41.3 Å². The number of hydrogen-bond donors (Lipinski definition) is 3. The van der Waals surface area contributed by atoms with Crippen molar-refractivity contribution in [2.75, 3.05) is 13.2 Å². The van der Waals surface area contributed by atoms with Gasteiger partial charge in [0.05, 0.1) is 19.1 Å². The van der Waals surface area contributed by atoms with Crippen molar-refractivity contribution in [3.8, 4) is 0 Å². The summed E-state index contributed by atoms with van der Waals surface area (Å²) in [6.07, 6.45) is -0.122. The van der Waals surface area contributed by atoms with E-state index in [0.717, 1.165) is 12.5 Å². The van der Waals surface area contributed by atoms with Crippen LogP contribution in [-0.2, 0) is 14.3 Å². The molecule has 126 valence electrons. The molecule has 0 bridgehead atoms. The Labute approximate surface area is 133 Å².